The van der Waals surface area contributed by atoms with Gasteiger partial charge >= 0.3 is 0 Å². The van der Waals surface area contributed by atoms with Gasteiger partial charge in [-0.2, -0.15) is 0 Å². The number of rotatable bonds is 5. The number of carbonyl (C=O) groups excluding carboxylic acids is 2. The van der Waals surface area contributed by atoms with Crippen molar-refractivity contribution in [3.05, 3.63) is 96.1 Å². The molecule has 3 aromatic carbocycles. The molecule has 0 aromatic heterocycles. The van der Waals surface area contributed by atoms with E-state index < -0.39 is 0 Å². The maximum Gasteiger partial charge on any atom is 0.257 e. The van der Waals surface area contributed by atoms with Crippen LogP contribution in [0, 0.1) is 0 Å². The van der Waals surface area contributed by atoms with Gasteiger partial charge in [0.2, 0.25) is 0 Å². The second-order valence-corrected chi connectivity index (χ2v) is 8.47. The Bertz CT molecular complexity index is 1110. The second-order valence-electron chi connectivity index (χ2n) is 8.47. The van der Waals surface area contributed by atoms with Crippen LogP contribution in [0.4, 0.5) is 0 Å². The van der Waals surface area contributed by atoms with Crippen molar-refractivity contribution in [3.63, 3.8) is 0 Å². The predicted octanol–water partition coefficient (Wildman–Crippen LogP) is 3.76. The van der Waals surface area contributed by atoms with E-state index in [-0.39, 0.29) is 11.8 Å². The van der Waals surface area contributed by atoms with Crippen LogP contribution in [0.1, 0.15) is 20.7 Å². The molecule has 5 rings (SSSR count). The summed E-state index contributed by atoms with van der Waals surface area (Å²) in [5.41, 5.74) is 1.32. The number of nitrogens with zero attached hydrogens (tertiary/aromatic N) is 3. The lowest BCUT2D eigenvalue weighted by Gasteiger charge is -2.48. The summed E-state index contributed by atoms with van der Waals surface area (Å²) in [6.45, 7) is 4.49. The van der Waals surface area contributed by atoms with E-state index in [0.29, 0.717) is 49.3 Å². The summed E-state index contributed by atoms with van der Waals surface area (Å²) >= 11 is 0. The first-order chi connectivity index (χ1) is 16.2. The predicted molar refractivity (Wildman–Crippen MR) is 127 cm³/mol. The van der Waals surface area contributed by atoms with Gasteiger partial charge in [0.15, 0.2) is 0 Å². The highest BCUT2D eigenvalue weighted by Crippen LogP contribution is 2.28. The van der Waals surface area contributed by atoms with Crippen molar-refractivity contribution in [1.29, 1.82) is 0 Å². The van der Waals surface area contributed by atoms with Gasteiger partial charge in [-0.25, -0.2) is 0 Å². The molecule has 0 radical (unpaired) electrons. The summed E-state index contributed by atoms with van der Waals surface area (Å²) in [7, 11) is 0. The van der Waals surface area contributed by atoms with E-state index in [2.05, 4.69) is 4.90 Å². The molecule has 0 spiro atoms. The summed E-state index contributed by atoms with van der Waals surface area (Å²) in [6, 6.07) is 26.7. The van der Waals surface area contributed by atoms with E-state index in [1.165, 1.54) is 0 Å². The molecule has 2 aliphatic rings. The zero-order chi connectivity index (χ0) is 22.6. The largest absolute Gasteiger partial charge is 0.457 e. The van der Waals surface area contributed by atoms with Crippen LogP contribution < -0.4 is 4.74 Å². The van der Waals surface area contributed by atoms with Crippen LogP contribution in [0.5, 0.6) is 11.5 Å². The first-order valence-corrected chi connectivity index (χ1v) is 11.4. The van der Waals surface area contributed by atoms with Gasteiger partial charge in [-0.3, -0.25) is 14.5 Å². The molecule has 0 aliphatic carbocycles. The normalized spacial score (nSPS) is 16.8. The Balaban J connectivity index is 1.15. The third-order valence-corrected chi connectivity index (χ3v) is 6.38. The van der Waals surface area contributed by atoms with Crippen LogP contribution in [-0.4, -0.2) is 71.8 Å². The monoisotopic (exact) mass is 441 g/mol. The van der Waals surface area contributed by atoms with Crippen LogP contribution >= 0.6 is 0 Å². The van der Waals surface area contributed by atoms with Crippen molar-refractivity contribution in [2.24, 2.45) is 0 Å². The fraction of sp³-hybridized carbons (Fsp3) is 0.259. The number of carbonyl (C=O) groups is 2. The Morgan fingerprint density at radius 1 is 0.667 bits per heavy atom. The molecule has 6 nitrogen and oxygen atoms in total. The highest BCUT2D eigenvalue weighted by molar-refractivity contribution is 5.97. The highest BCUT2D eigenvalue weighted by Gasteiger charge is 2.37. The lowest BCUT2D eigenvalue weighted by molar-refractivity contribution is 0.00843. The van der Waals surface area contributed by atoms with E-state index in [1.807, 2.05) is 94.7 Å². The summed E-state index contributed by atoms with van der Waals surface area (Å²) in [6.07, 6.45) is 0. The fourth-order valence-corrected chi connectivity index (χ4v) is 4.42. The van der Waals surface area contributed by atoms with Gasteiger partial charge in [-0.05, 0) is 36.4 Å². The van der Waals surface area contributed by atoms with Gasteiger partial charge in [0.05, 0.1) is 5.56 Å². The van der Waals surface area contributed by atoms with E-state index in [0.717, 1.165) is 18.7 Å². The quantitative estimate of drug-likeness (QED) is 0.605. The summed E-state index contributed by atoms with van der Waals surface area (Å²) in [4.78, 5) is 32.0. The summed E-state index contributed by atoms with van der Waals surface area (Å²) in [5.74, 6) is 1.37. The second kappa shape index (κ2) is 9.46. The van der Waals surface area contributed by atoms with Crippen LogP contribution in [0.25, 0.3) is 0 Å². The molecule has 2 aliphatic heterocycles. The molecule has 0 unspecified atom stereocenters. The zero-order valence-electron chi connectivity index (χ0n) is 18.5. The third kappa shape index (κ3) is 4.61. The third-order valence-electron chi connectivity index (χ3n) is 6.38. The molecule has 2 fully saturated rings. The number of hydrogen-bond donors (Lipinski definition) is 0. The molecule has 2 saturated heterocycles. The van der Waals surface area contributed by atoms with Crippen molar-refractivity contribution in [2.75, 3.05) is 39.3 Å². The average molecular weight is 442 g/mol. The lowest BCUT2D eigenvalue weighted by atomic mass is 10.0. The molecular formula is C27H27N3O3. The Morgan fingerprint density at radius 3 is 1.97 bits per heavy atom. The van der Waals surface area contributed by atoms with Crippen LogP contribution in [0.3, 0.4) is 0 Å². The molecular weight excluding hydrogens is 414 g/mol. The lowest BCUT2D eigenvalue weighted by Crippen LogP contribution is -2.64. The van der Waals surface area contributed by atoms with Crippen molar-refractivity contribution < 1.29 is 14.3 Å². The molecule has 33 heavy (non-hydrogen) atoms. The molecule has 0 bridgehead atoms. The number of piperazine rings is 1. The highest BCUT2D eigenvalue weighted by atomic mass is 16.5. The molecule has 2 heterocycles. The van der Waals surface area contributed by atoms with Gasteiger partial charge in [-0.1, -0.05) is 48.5 Å². The van der Waals surface area contributed by atoms with Crippen molar-refractivity contribution in [3.8, 4) is 11.5 Å². The number of hydrogen-bond acceptors (Lipinski definition) is 4. The first-order valence-electron chi connectivity index (χ1n) is 11.4. The summed E-state index contributed by atoms with van der Waals surface area (Å²) < 4.78 is 5.97. The van der Waals surface area contributed by atoms with Gasteiger partial charge in [-0.15, -0.1) is 0 Å². The molecule has 6 heteroatoms. The minimum atomic E-state index is -0.00401. The number of amides is 2. The van der Waals surface area contributed by atoms with E-state index in [1.54, 1.807) is 0 Å². The van der Waals surface area contributed by atoms with E-state index in [9.17, 15) is 9.59 Å². The molecule has 168 valence electrons. The standard InChI is InChI=1S/C27H27N3O3/c31-26(21-9-3-1-4-10-21)29-17-15-28(16-18-29)22-19-30(20-22)27(32)24-13-7-8-14-25(24)33-23-11-5-2-6-12-23/h1-14,22H,15-20H2. The fourth-order valence-electron chi connectivity index (χ4n) is 4.42. The number of benzene rings is 3. The number of ether oxygens (including phenoxy) is 1. The first kappa shape index (κ1) is 21.2. The van der Waals surface area contributed by atoms with E-state index in [4.69, 9.17) is 4.74 Å². The topological polar surface area (TPSA) is 53.1 Å². The van der Waals surface area contributed by atoms with Gasteiger partial charge in [0, 0.05) is 50.9 Å². The molecule has 2 amide bonds. The number of likely N-dealkylation sites (tertiary alicyclic amines) is 1. The molecule has 0 N–H and O–H groups in total. The summed E-state index contributed by atoms with van der Waals surface area (Å²) in [5, 5.41) is 0. The zero-order valence-corrected chi connectivity index (χ0v) is 18.5. The SMILES string of the molecule is O=C(c1ccccc1)N1CCN(C2CN(C(=O)c3ccccc3Oc3ccccc3)C2)CC1. The van der Waals surface area contributed by atoms with Crippen LogP contribution in [-0.2, 0) is 0 Å². The average Bonchev–Trinajstić information content (AvgIpc) is 2.84. The smallest absolute Gasteiger partial charge is 0.257 e. The maximum absolute atomic E-state index is 13.1. The maximum atomic E-state index is 13.1. The van der Waals surface area contributed by atoms with Crippen molar-refractivity contribution in [1.82, 2.24) is 14.7 Å². The molecule has 0 atom stereocenters. The van der Waals surface area contributed by atoms with Gasteiger partial charge in [0.25, 0.3) is 11.8 Å². The Labute approximate surface area is 194 Å². The Hall–Kier alpha value is -3.64. The van der Waals surface area contributed by atoms with Crippen LogP contribution in [0.15, 0.2) is 84.9 Å². The Morgan fingerprint density at radius 2 is 1.27 bits per heavy atom. The molecule has 3 aromatic rings. The van der Waals surface area contributed by atoms with E-state index >= 15 is 0 Å². The minimum Gasteiger partial charge on any atom is -0.457 e. The Kier molecular flexibility index (Phi) is 6.09. The van der Waals surface area contributed by atoms with Gasteiger partial charge < -0.3 is 14.5 Å². The van der Waals surface area contributed by atoms with Crippen molar-refractivity contribution in [2.45, 2.75) is 6.04 Å². The minimum absolute atomic E-state index is 0.00401. The van der Waals surface area contributed by atoms with Gasteiger partial charge in [0.1, 0.15) is 11.5 Å². The number of para-hydroxylation sites is 2. The van der Waals surface area contributed by atoms with Crippen molar-refractivity contribution >= 4 is 11.8 Å². The van der Waals surface area contributed by atoms with Crippen LogP contribution in [0.2, 0.25) is 0 Å². The molecule has 0 saturated carbocycles.